The van der Waals surface area contributed by atoms with Gasteiger partial charge in [-0.2, -0.15) is 10.4 Å². The van der Waals surface area contributed by atoms with Crippen LogP contribution in [-0.4, -0.2) is 23.8 Å². The van der Waals surface area contributed by atoms with Crippen LogP contribution in [0.3, 0.4) is 0 Å². The van der Waals surface area contributed by atoms with Crippen molar-refractivity contribution in [2.24, 2.45) is 22.9 Å². The maximum absolute atomic E-state index is 8.57. The molecule has 2 bridgehead atoms. The summed E-state index contributed by atoms with van der Waals surface area (Å²) in [6, 6.07) is 2.86. The second-order valence-corrected chi connectivity index (χ2v) is 4.74. The highest BCUT2D eigenvalue weighted by molar-refractivity contribution is 5.65. The summed E-state index contributed by atoms with van der Waals surface area (Å²) in [4.78, 5) is 0. The van der Waals surface area contributed by atoms with Gasteiger partial charge in [-0.3, -0.25) is 5.01 Å². The molecule has 2 aliphatic carbocycles. The van der Waals surface area contributed by atoms with Gasteiger partial charge in [-0.05, 0) is 31.1 Å². The van der Waals surface area contributed by atoms with Crippen molar-refractivity contribution < 1.29 is 0 Å². The van der Waals surface area contributed by atoms with Crippen LogP contribution in [-0.2, 0) is 0 Å². The van der Waals surface area contributed by atoms with Crippen molar-refractivity contribution in [3.63, 3.8) is 0 Å². The Morgan fingerprint density at radius 2 is 2.29 bits per heavy atom. The molecule has 0 saturated heterocycles. The van der Waals surface area contributed by atoms with E-state index in [-0.39, 0.29) is 0 Å². The Kier molecular flexibility index (Phi) is 1.76. The molecule has 1 aliphatic heterocycles. The van der Waals surface area contributed by atoms with E-state index in [0.29, 0.717) is 18.4 Å². The van der Waals surface area contributed by atoms with Crippen LogP contribution in [0.5, 0.6) is 0 Å². The summed E-state index contributed by atoms with van der Waals surface area (Å²) in [6.45, 7) is 0.831. The van der Waals surface area contributed by atoms with Crippen molar-refractivity contribution >= 4 is 6.21 Å². The zero-order valence-corrected chi connectivity index (χ0v) is 8.26. The number of hydrazone groups is 1. The van der Waals surface area contributed by atoms with Gasteiger partial charge in [0.25, 0.3) is 0 Å². The largest absolute Gasteiger partial charge is 0.292 e. The Labute approximate surface area is 84.4 Å². The zero-order chi connectivity index (χ0) is 9.54. The minimum Gasteiger partial charge on any atom is -0.292 e. The van der Waals surface area contributed by atoms with Gasteiger partial charge in [0.15, 0.2) is 0 Å². The smallest absolute Gasteiger partial charge is 0.0641 e. The van der Waals surface area contributed by atoms with Crippen LogP contribution in [0.15, 0.2) is 5.10 Å². The van der Waals surface area contributed by atoms with Gasteiger partial charge in [0, 0.05) is 18.7 Å². The first-order valence-corrected chi connectivity index (χ1v) is 5.58. The molecule has 0 amide bonds. The highest BCUT2D eigenvalue weighted by Gasteiger charge is 2.51. The molecule has 3 heteroatoms. The van der Waals surface area contributed by atoms with Crippen molar-refractivity contribution in [2.45, 2.75) is 31.7 Å². The number of fused-ring (bicyclic) bond motifs is 5. The van der Waals surface area contributed by atoms with Crippen LogP contribution >= 0.6 is 0 Å². The quantitative estimate of drug-likeness (QED) is 0.662. The molecule has 4 unspecified atom stereocenters. The van der Waals surface area contributed by atoms with E-state index in [2.05, 4.69) is 22.4 Å². The number of rotatable bonds is 2. The van der Waals surface area contributed by atoms with E-state index in [1.165, 1.54) is 19.3 Å². The Hall–Kier alpha value is -1.04. The Morgan fingerprint density at radius 3 is 3.14 bits per heavy atom. The average molecular weight is 189 g/mol. The van der Waals surface area contributed by atoms with Crippen molar-refractivity contribution in [2.75, 3.05) is 6.54 Å². The fraction of sp³-hybridized carbons (Fsp3) is 0.818. The Morgan fingerprint density at radius 1 is 1.43 bits per heavy atom. The maximum atomic E-state index is 8.57. The van der Waals surface area contributed by atoms with E-state index in [1.54, 1.807) is 0 Å². The van der Waals surface area contributed by atoms with Crippen molar-refractivity contribution in [1.29, 1.82) is 5.26 Å². The normalized spacial score (nSPS) is 42.9. The summed E-state index contributed by atoms with van der Waals surface area (Å²) in [6.07, 6.45) is 6.95. The molecule has 3 aliphatic rings. The van der Waals surface area contributed by atoms with E-state index >= 15 is 0 Å². The average Bonchev–Trinajstić information content (AvgIpc) is 2.87. The van der Waals surface area contributed by atoms with Gasteiger partial charge in [0.1, 0.15) is 0 Å². The van der Waals surface area contributed by atoms with Gasteiger partial charge in [0.05, 0.1) is 18.5 Å². The zero-order valence-electron chi connectivity index (χ0n) is 8.26. The Balaban J connectivity index is 1.73. The molecular weight excluding hydrogens is 174 g/mol. The van der Waals surface area contributed by atoms with E-state index in [9.17, 15) is 0 Å². The summed E-state index contributed by atoms with van der Waals surface area (Å²) in [5.74, 6) is 2.49. The van der Waals surface area contributed by atoms with Crippen LogP contribution < -0.4 is 0 Å². The fourth-order valence-corrected chi connectivity index (χ4v) is 3.57. The van der Waals surface area contributed by atoms with E-state index < -0.39 is 0 Å². The Bertz CT molecular complexity index is 304. The van der Waals surface area contributed by atoms with Gasteiger partial charge in [0.2, 0.25) is 0 Å². The number of nitrogens with zero attached hydrogens (tertiary/aromatic N) is 3. The first kappa shape index (κ1) is 8.28. The second-order valence-electron chi connectivity index (χ2n) is 4.74. The third-order valence-corrected chi connectivity index (χ3v) is 4.12. The molecule has 3 nitrogen and oxygen atoms in total. The summed E-state index contributed by atoms with van der Waals surface area (Å²) in [7, 11) is 0. The predicted octanol–water partition coefficient (Wildman–Crippen LogP) is 1.62. The molecule has 2 saturated carbocycles. The first-order valence-electron chi connectivity index (χ1n) is 5.58. The van der Waals surface area contributed by atoms with Crippen molar-refractivity contribution in [3.05, 3.63) is 0 Å². The maximum Gasteiger partial charge on any atom is 0.0641 e. The minimum absolute atomic E-state index is 0.609. The molecule has 2 fully saturated rings. The van der Waals surface area contributed by atoms with Gasteiger partial charge >= 0.3 is 0 Å². The molecule has 0 aromatic heterocycles. The van der Waals surface area contributed by atoms with Crippen molar-refractivity contribution in [3.8, 4) is 6.07 Å². The molecule has 14 heavy (non-hydrogen) atoms. The number of hydrogen-bond donors (Lipinski definition) is 0. The summed E-state index contributed by atoms with van der Waals surface area (Å²) in [5, 5.41) is 15.2. The molecule has 0 N–H and O–H groups in total. The lowest BCUT2D eigenvalue weighted by Gasteiger charge is -2.30. The van der Waals surface area contributed by atoms with Gasteiger partial charge in [-0.1, -0.05) is 0 Å². The molecule has 4 atom stereocenters. The molecular formula is C11H15N3. The van der Waals surface area contributed by atoms with Gasteiger partial charge in [-0.15, -0.1) is 0 Å². The van der Waals surface area contributed by atoms with Crippen LogP contribution in [0.2, 0.25) is 0 Å². The topological polar surface area (TPSA) is 39.4 Å². The molecule has 0 spiro atoms. The van der Waals surface area contributed by atoms with Crippen LogP contribution in [0.25, 0.3) is 0 Å². The molecule has 1 heterocycles. The molecule has 74 valence electrons. The summed E-state index contributed by atoms with van der Waals surface area (Å²) in [5.41, 5.74) is 0. The lowest BCUT2D eigenvalue weighted by molar-refractivity contribution is 0.153. The van der Waals surface area contributed by atoms with Gasteiger partial charge in [-0.25, -0.2) is 0 Å². The van der Waals surface area contributed by atoms with Crippen LogP contribution in [0.1, 0.15) is 25.7 Å². The number of nitriles is 1. The van der Waals surface area contributed by atoms with Crippen LogP contribution in [0, 0.1) is 29.1 Å². The second kappa shape index (κ2) is 2.98. The summed E-state index contributed by atoms with van der Waals surface area (Å²) < 4.78 is 0. The predicted molar refractivity (Wildman–Crippen MR) is 53.5 cm³/mol. The standard InChI is InChI=1S/C11H15N3/c12-4-1-5-14-11-9-3-2-8(6-9)10(11)7-13-14/h7-11H,1-3,5-6H2. The van der Waals surface area contributed by atoms with Crippen molar-refractivity contribution in [1.82, 2.24) is 5.01 Å². The monoisotopic (exact) mass is 189 g/mol. The van der Waals surface area contributed by atoms with E-state index in [0.717, 1.165) is 18.4 Å². The summed E-state index contributed by atoms with van der Waals surface area (Å²) >= 11 is 0. The molecule has 0 radical (unpaired) electrons. The van der Waals surface area contributed by atoms with Crippen LogP contribution in [0.4, 0.5) is 0 Å². The lowest BCUT2D eigenvalue weighted by atomic mass is 9.86. The lowest BCUT2D eigenvalue weighted by Crippen LogP contribution is -2.37. The molecule has 0 aromatic rings. The molecule has 3 rings (SSSR count). The molecule has 0 aromatic carbocycles. The van der Waals surface area contributed by atoms with Gasteiger partial charge < -0.3 is 0 Å². The van der Waals surface area contributed by atoms with E-state index in [4.69, 9.17) is 5.26 Å². The fourth-order valence-electron chi connectivity index (χ4n) is 3.57. The third-order valence-electron chi connectivity index (χ3n) is 4.12. The van der Waals surface area contributed by atoms with E-state index in [1.807, 2.05) is 0 Å². The third kappa shape index (κ3) is 1.00. The first-order chi connectivity index (χ1) is 6.90. The number of hydrogen-bond acceptors (Lipinski definition) is 3. The highest BCUT2D eigenvalue weighted by atomic mass is 15.5. The highest BCUT2D eigenvalue weighted by Crippen LogP contribution is 2.51. The SMILES string of the molecule is N#CCCN1N=CC2C3CCC(C3)C21. The minimum atomic E-state index is 0.609.